The van der Waals surface area contributed by atoms with Crippen molar-refractivity contribution < 1.29 is 14.7 Å². The molecule has 1 fully saturated rings. The van der Waals surface area contributed by atoms with Gasteiger partial charge in [-0.25, -0.2) is 4.98 Å². The zero-order valence-corrected chi connectivity index (χ0v) is 14.2. The molecule has 1 heterocycles. The van der Waals surface area contributed by atoms with Gasteiger partial charge in [0.05, 0.1) is 11.8 Å². The van der Waals surface area contributed by atoms with Gasteiger partial charge in [-0.05, 0) is 24.5 Å². The number of benzene rings is 1. The van der Waals surface area contributed by atoms with Crippen LogP contribution < -0.4 is 10.9 Å². The summed E-state index contributed by atoms with van der Waals surface area (Å²) in [5.41, 5.74) is 0.969. The number of nitrogens with one attached hydrogen (secondary N) is 2. The lowest BCUT2D eigenvalue weighted by molar-refractivity contribution is -0.140. The second-order valence-corrected chi connectivity index (χ2v) is 6.92. The van der Waals surface area contributed by atoms with Crippen LogP contribution in [0.15, 0.2) is 35.1 Å². The second kappa shape index (κ2) is 5.84. The highest BCUT2D eigenvalue weighted by atomic mass is 16.4. The van der Waals surface area contributed by atoms with E-state index in [4.69, 9.17) is 0 Å². The standard InChI is InChI=1S/C18H19N3O4/c1-9-7-12(22)21-15(19-9)10-5-4-6-11(8-10)20-16(23)13-14(17(24)25)18(13,2)3/h4-8,13-14H,1-3H3,(H,20,23)(H,24,25)(H,19,21,22)/t13-,14-/m0/s1. The smallest absolute Gasteiger partial charge is 0.307 e. The molecule has 0 saturated heterocycles. The Morgan fingerprint density at radius 1 is 1.24 bits per heavy atom. The molecule has 1 aliphatic carbocycles. The van der Waals surface area contributed by atoms with Crippen molar-refractivity contribution in [2.24, 2.45) is 17.3 Å². The number of carboxylic acids is 1. The fraction of sp³-hybridized carbons (Fsp3) is 0.333. The lowest BCUT2D eigenvalue weighted by Crippen LogP contribution is -2.17. The summed E-state index contributed by atoms with van der Waals surface area (Å²) in [7, 11) is 0. The van der Waals surface area contributed by atoms with Crippen molar-refractivity contribution in [1.82, 2.24) is 9.97 Å². The van der Waals surface area contributed by atoms with Crippen molar-refractivity contribution in [2.75, 3.05) is 5.32 Å². The van der Waals surface area contributed by atoms with Crippen LogP contribution in [-0.2, 0) is 9.59 Å². The molecule has 0 bridgehead atoms. The molecule has 1 aliphatic rings. The zero-order chi connectivity index (χ0) is 18.4. The maximum absolute atomic E-state index is 12.4. The van der Waals surface area contributed by atoms with Crippen molar-refractivity contribution in [2.45, 2.75) is 20.8 Å². The van der Waals surface area contributed by atoms with E-state index in [0.29, 0.717) is 22.8 Å². The minimum absolute atomic E-state index is 0.249. The summed E-state index contributed by atoms with van der Waals surface area (Å²) in [6, 6.07) is 8.31. The van der Waals surface area contributed by atoms with Crippen molar-refractivity contribution in [3.8, 4) is 11.4 Å². The SMILES string of the molecule is Cc1cc(=O)[nH]c(-c2cccc(NC(=O)[C@@H]3[C@@H](C(=O)O)C3(C)C)c2)n1. The molecular formula is C18H19N3O4. The van der Waals surface area contributed by atoms with E-state index in [9.17, 15) is 19.5 Å². The molecule has 0 radical (unpaired) electrons. The van der Waals surface area contributed by atoms with Gasteiger partial charge < -0.3 is 15.4 Å². The summed E-state index contributed by atoms with van der Waals surface area (Å²) in [5.74, 6) is -2.10. The van der Waals surface area contributed by atoms with Crippen LogP contribution in [-0.4, -0.2) is 27.0 Å². The van der Waals surface area contributed by atoms with E-state index >= 15 is 0 Å². The molecule has 1 saturated carbocycles. The first kappa shape index (κ1) is 16.9. The summed E-state index contributed by atoms with van der Waals surface area (Å²) in [4.78, 5) is 42.2. The monoisotopic (exact) mass is 341 g/mol. The van der Waals surface area contributed by atoms with E-state index < -0.39 is 23.2 Å². The Kier molecular flexibility index (Phi) is 3.94. The Morgan fingerprint density at radius 3 is 2.56 bits per heavy atom. The molecule has 0 aliphatic heterocycles. The summed E-state index contributed by atoms with van der Waals surface area (Å²) < 4.78 is 0. The van der Waals surface area contributed by atoms with E-state index in [1.807, 2.05) is 0 Å². The number of aliphatic carboxylic acids is 1. The van der Waals surface area contributed by atoms with Crippen molar-refractivity contribution in [3.05, 3.63) is 46.4 Å². The van der Waals surface area contributed by atoms with Gasteiger partial charge in [0, 0.05) is 23.0 Å². The van der Waals surface area contributed by atoms with Crippen molar-refractivity contribution >= 4 is 17.6 Å². The lowest BCUT2D eigenvalue weighted by Gasteiger charge is -2.08. The number of hydrogen-bond acceptors (Lipinski definition) is 4. The van der Waals surface area contributed by atoms with E-state index in [1.165, 1.54) is 6.07 Å². The number of aryl methyl sites for hydroxylation is 1. The van der Waals surface area contributed by atoms with Crippen molar-refractivity contribution in [1.29, 1.82) is 0 Å². The van der Waals surface area contributed by atoms with Crippen LogP contribution in [0.25, 0.3) is 11.4 Å². The molecule has 2 atom stereocenters. The molecule has 3 rings (SSSR count). The fourth-order valence-electron chi connectivity index (χ4n) is 3.27. The maximum atomic E-state index is 12.4. The van der Waals surface area contributed by atoms with Crippen LogP contribution in [0.1, 0.15) is 19.5 Å². The molecule has 3 N–H and O–H groups in total. The highest BCUT2D eigenvalue weighted by Gasteiger charge is 2.65. The number of hydrogen-bond donors (Lipinski definition) is 3. The molecular weight excluding hydrogens is 322 g/mol. The number of aromatic amines is 1. The first-order chi connectivity index (χ1) is 11.7. The molecule has 7 nitrogen and oxygen atoms in total. The van der Waals surface area contributed by atoms with Gasteiger partial charge in [0.25, 0.3) is 5.56 Å². The normalized spacial score (nSPS) is 20.8. The van der Waals surface area contributed by atoms with E-state index in [0.717, 1.165) is 0 Å². The summed E-state index contributed by atoms with van der Waals surface area (Å²) in [6.45, 7) is 5.27. The summed E-state index contributed by atoms with van der Waals surface area (Å²) in [6.07, 6.45) is 0. The van der Waals surface area contributed by atoms with Gasteiger partial charge in [-0.3, -0.25) is 14.4 Å². The Morgan fingerprint density at radius 2 is 1.96 bits per heavy atom. The largest absolute Gasteiger partial charge is 0.481 e. The maximum Gasteiger partial charge on any atom is 0.307 e. The third kappa shape index (κ3) is 3.17. The van der Waals surface area contributed by atoms with Crippen LogP contribution >= 0.6 is 0 Å². The Labute approximate surface area is 144 Å². The number of rotatable bonds is 4. The minimum Gasteiger partial charge on any atom is -0.481 e. The zero-order valence-electron chi connectivity index (χ0n) is 14.2. The van der Waals surface area contributed by atoms with Gasteiger partial charge in [-0.15, -0.1) is 0 Å². The highest BCUT2D eigenvalue weighted by Crippen LogP contribution is 2.58. The lowest BCUT2D eigenvalue weighted by atomic mass is 10.1. The molecule has 1 aromatic carbocycles. The Hall–Kier alpha value is -2.96. The molecule has 1 aromatic heterocycles. The Balaban J connectivity index is 1.82. The van der Waals surface area contributed by atoms with Gasteiger partial charge in [-0.1, -0.05) is 26.0 Å². The van der Waals surface area contributed by atoms with Crippen molar-refractivity contribution in [3.63, 3.8) is 0 Å². The predicted octanol–water partition coefficient (Wildman–Crippen LogP) is 2.04. The van der Waals surface area contributed by atoms with Gasteiger partial charge in [0.15, 0.2) is 0 Å². The van der Waals surface area contributed by atoms with Crippen LogP contribution in [0.5, 0.6) is 0 Å². The summed E-state index contributed by atoms with van der Waals surface area (Å²) in [5, 5.41) is 12.0. The highest BCUT2D eigenvalue weighted by molar-refractivity contribution is 6.00. The average molecular weight is 341 g/mol. The average Bonchev–Trinajstić information content (AvgIpc) is 3.09. The van der Waals surface area contributed by atoms with Gasteiger partial charge in [0.2, 0.25) is 5.91 Å². The molecule has 25 heavy (non-hydrogen) atoms. The van der Waals surface area contributed by atoms with E-state index in [-0.39, 0.29) is 11.5 Å². The molecule has 1 amide bonds. The number of H-pyrrole nitrogens is 1. The van der Waals surface area contributed by atoms with Crippen LogP contribution in [0.4, 0.5) is 5.69 Å². The minimum atomic E-state index is -0.958. The molecule has 2 aromatic rings. The Bertz CT molecular complexity index is 917. The first-order valence-electron chi connectivity index (χ1n) is 7.92. The third-order valence-electron chi connectivity index (χ3n) is 4.65. The number of carbonyl (C=O) groups excluding carboxylic acids is 1. The molecule has 130 valence electrons. The van der Waals surface area contributed by atoms with Gasteiger partial charge >= 0.3 is 5.97 Å². The van der Waals surface area contributed by atoms with Gasteiger partial charge in [0.1, 0.15) is 5.82 Å². The predicted molar refractivity (Wildman–Crippen MR) is 92.1 cm³/mol. The number of carboxylic acid groups (broad SMARTS) is 1. The third-order valence-corrected chi connectivity index (χ3v) is 4.65. The summed E-state index contributed by atoms with van der Waals surface area (Å²) >= 11 is 0. The number of amides is 1. The fourth-order valence-corrected chi connectivity index (χ4v) is 3.27. The van der Waals surface area contributed by atoms with Crippen LogP contribution in [0.2, 0.25) is 0 Å². The van der Waals surface area contributed by atoms with Crippen LogP contribution in [0.3, 0.4) is 0 Å². The topological polar surface area (TPSA) is 112 Å². The molecule has 0 spiro atoms. The van der Waals surface area contributed by atoms with E-state index in [1.54, 1.807) is 45.0 Å². The van der Waals surface area contributed by atoms with Crippen LogP contribution in [0, 0.1) is 24.2 Å². The van der Waals surface area contributed by atoms with E-state index in [2.05, 4.69) is 15.3 Å². The first-order valence-corrected chi connectivity index (χ1v) is 7.92. The molecule has 7 heteroatoms. The van der Waals surface area contributed by atoms with Gasteiger partial charge in [-0.2, -0.15) is 0 Å². The molecule has 0 unspecified atom stereocenters. The number of nitrogens with zero attached hydrogens (tertiary/aromatic N) is 1. The number of aromatic nitrogens is 2. The second-order valence-electron chi connectivity index (χ2n) is 6.92. The number of carbonyl (C=O) groups is 2. The quantitative estimate of drug-likeness (QED) is 0.788. The number of anilines is 1.